The van der Waals surface area contributed by atoms with Crippen molar-refractivity contribution >= 4 is 17.5 Å². The number of carbonyl (C=O) groups excluding carboxylic acids is 2. The number of hydrogen-bond donors (Lipinski definition) is 2. The summed E-state index contributed by atoms with van der Waals surface area (Å²) in [6.45, 7) is 0.372. The van der Waals surface area contributed by atoms with Crippen LogP contribution in [0.5, 0.6) is 5.75 Å². The van der Waals surface area contributed by atoms with E-state index < -0.39 is 0 Å². The number of benzene rings is 1. The number of pyridine rings is 1. The van der Waals surface area contributed by atoms with E-state index >= 15 is 0 Å². The number of amides is 2. The highest BCUT2D eigenvalue weighted by molar-refractivity contribution is 5.95. The molecule has 0 saturated heterocycles. The Labute approximate surface area is 121 Å². The normalized spacial score (nSPS) is 12.9. The van der Waals surface area contributed by atoms with Crippen LogP contribution >= 0.6 is 0 Å². The minimum Gasteiger partial charge on any atom is -0.482 e. The molecule has 2 heterocycles. The van der Waals surface area contributed by atoms with Crippen LogP contribution in [-0.4, -0.2) is 23.4 Å². The van der Waals surface area contributed by atoms with Gasteiger partial charge in [0, 0.05) is 12.7 Å². The fourth-order valence-corrected chi connectivity index (χ4v) is 2.00. The van der Waals surface area contributed by atoms with Crippen molar-refractivity contribution in [3.8, 4) is 5.75 Å². The lowest BCUT2D eigenvalue weighted by atomic mass is 10.1. The van der Waals surface area contributed by atoms with Crippen molar-refractivity contribution in [3.05, 3.63) is 53.9 Å². The maximum atomic E-state index is 11.9. The summed E-state index contributed by atoms with van der Waals surface area (Å²) in [6.07, 6.45) is 1.57. The van der Waals surface area contributed by atoms with Gasteiger partial charge in [-0.25, -0.2) is 0 Å². The van der Waals surface area contributed by atoms with Crippen molar-refractivity contribution in [1.29, 1.82) is 0 Å². The molecule has 3 rings (SSSR count). The van der Waals surface area contributed by atoms with Crippen molar-refractivity contribution in [3.63, 3.8) is 0 Å². The number of nitrogens with one attached hydrogen (secondary N) is 2. The third-order valence-corrected chi connectivity index (χ3v) is 3.03. The number of carbonyl (C=O) groups is 2. The molecule has 0 fully saturated rings. The molecule has 1 aliphatic heterocycles. The van der Waals surface area contributed by atoms with Gasteiger partial charge in [0.15, 0.2) is 6.61 Å². The van der Waals surface area contributed by atoms with Gasteiger partial charge in [0.1, 0.15) is 11.4 Å². The lowest BCUT2D eigenvalue weighted by Crippen LogP contribution is -2.26. The number of aromatic nitrogens is 1. The fraction of sp³-hybridized carbons (Fsp3) is 0.133. The molecule has 0 unspecified atom stereocenters. The van der Waals surface area contributed by atoms with Crippen molar-refractivity contribution < 1.29 is 14.3 Å². The SMILES string of the molecule is O=C1COc2cc(CNC(=O)c3ccccn3)ccc2N1. The molecule has 2 aromatic rings. The van der Waals surface area contributed by atoms with Crippen LogP contribution in [0.3, 0.4) is 0 Å². The standard InChI is InChI=1S/C15H13N3O3/c19-14-9-21-13-7-10(4-5-11(13)18-14)8-17-15(20)12-3-1-2-6-16-12/h1-7H,8-9H2,(H,17,20)(H,18,19). The Kier molecular flexibility index (Phi) is 3.51. The van der Waals surface area contributed by atoms with Gasteiger partial charge >= 0.3 is 0 Å². The Hall–Kier alpha value is -2.89. The third-order valence-electron chi connectivity index (χ3n) is 3.03. The average molecular weight is 283 g/mol. The highest BCUT2D eigenvalue weighted by Gasteiger charge is 2.16. The molecule has 0 saturated carbocycles. The van der Waals surface area contributed by atoms with Gasteiger partial charge in [0.25, 0.3) is 11.8 Å². The predicted octanol–water partition coefficient (Wildman–Crippen LogP) is 1.34. The van der Waals surface area contributed by atoms with E-state index in [4.69, 9.17) is 4.74 Å². The van der Waals surface area contributed by atoms with Crippen LogP contribution < -0.4 is 15.4 Å². The summed E-state index contributed by atoms with van der Waals surface area (Å²) in [4.78, 5) is 27.1. The van der Waals surface area contributed by atoms with Crippen molar-refractivity contribution in [2.24, 2.45) is 0 Å². The van der Waals surface area contributed by atoms with Crippen molar-refractivity contribution in [2.75, 3.05) is 11.9 Å². The fourth-order valence-electron chi connectivity index (χ4n) is 2.00. The Balaban J connectivity index is 1.66. The van der Waals surface area contributed by atoms with E-state index in [2.05, 4.69) is 15.6 Å². The van der Waals surface area contributed by atoms with E-state index in [1.54, 1.807) is 36.5 Å². The summed E-state index contributed by atoms with van der Waals surface area (Å²) >= 11 is 0. The molecule has 1 aromatic carbocycles. The molecule has 2 N–H and O–H groups in total. The number of fused-ring (bicyclic) bond motifs is 1. The van der Waals surface area contributed by atoms with Crippen LogP contribution in [0.2, 0.25) is 0 Å². The van der Waals surface area contributed by atoms with Gasteiger partial charge in [0.05, 0.1) is 5.69 Å². The first-order valence-corrected chi connectivity index (χ1v) is 6.47. The van der Waals surface area contributed by atoms with Crippen LogP contribution in [0.25, 0.3) is 0 Å². The summed E-state index contributed by atoms with van der Waals surface area (Å²) in [5.41, 5.74) is 1.90. The number of rotatable bonds is 3. The lowest BCUT2D eigenvalue weighted by molar-refractivity contribution is -0.118. The minimum atomic E-state index is -0.234. The van der Waals surface area contributed by atoms with Gasteiger partial charge in [-0.2, -0.15) is 0 Å². The molecule has 6 heteroatoms. The molecule has 0 bridgehead atoms. The van der Waals surface area contributed by atoms with Crippen molar-refractivity contribution in [1.82, 2.24) is 10.3 Å². The summed E-state index contributed by atoms with van der Waals surface area (Å²) in [5, 5.41) is 5.50. The van der Waals surface area contributed by atoms with Gasteiger partial charge in [-0.05, 0) is 29.8 Å². The summed E-state index contributed by atoms with van der Waals surface area (Å²) in [6, 6.07) is 10.6. The first kappa shape index (κ1) is 13.1. The molecule has 6 nitrogen and oxygen atoms in total. The number of ether oxygens (including phenoxy) is 1. The zero-order valence-corrected chi connectivity index (χ0v) is 11.1. The van der Waals surface area contributed by atoms with E-state index in [9.17, 15) is 9.59 Å². The van der Waals surface area contributed by atoms with Crippen LogP contribution in [-0.2, 0) is 11.3 Å². The second-order valence-corrected chi connectivity index (χ2v) is 4.57. The average Bonchev–Trinajstić information content (AvgIpc) is 2.53. The zero-order valence-electron chi connectivity index (χ0n) is 11.1. The van der Waals surface area contributed by atoms with E-state index in [1.165, 1.54) is 0 Å². The molecule has 0 radical (unpaired) electrons. The van der Waals surface area contributed by atoms with Crippen LogP contribution in [0.4, 0.5) is 5.69 Å². The van der Waals surface area contributed by atoms with E-state index in [-0.39, 0.29) is 18.4 Å². The lowest BCUT2D eigenvalue weighted by Gasteiger charge is -2.18. The van der Waals surface area contributed by atoms with Crippen LogP contribution in [0.1, 0.15) is 16.1 Å². The molecule has 0 spiro atoms. The number of nitrogens with zero attached hydrogens (tertiary/aromatic N) is 1. The maximum absolute atomic E-state index is 11.9. The summed E-state index contributed by atoms with van der Waals surface area (Å²) < 4.78 is 5.33. The minimum absolute atomic E-state index is 0.0107. The van der Waals surface area contributed by atoms with Crippen LogP contribution in [0.15, 0.2) is 42.6 Å². The number of anilines is 1. The topological polar surface area (TPSA) is 80.3 Å². The first-order valence-electron chi connectivity index (χ1n) is 6.47. The smallest absolute Gasteiger partial charge is 0.270 e. The molecule has 21 heavy (non-hydrogen) atoms. The molecule has 0 atom stereocenters. The molecule has 1 aromatic heterocycles. The summed E-state index contributed by atoms with van der Waals surface area (Å²) in [7, 11) is 0. The third kappa shape index (κ3) is 3.00. The maximum Gasteiger partial charge on any atom is 0.270 e. The highest BCUT2D eigenvalue weighted by Crippen LogP contribution is 2.28. The number of hydrogen-bond acceptors (Lipinski definition) is 4. The monoisotopic (exact) mass is 283 g/mol. The first-order chi connectivity index (χ1) is 10.2. The Morgan fingerprint density at radius 3 is 3.05 bits per heavy atom. The Bertz CT molecular complexity index is 686. The molecule has 0 aliphatic carbocycles. The van der Waals surface area contributed by atoms with E-state index in [1.807, 2.05) is 6.07 Å². The zero-order chi connectivity index (χ0) is 14.7. The van der Waals surface area contributed by atoms with Crippen molar-refractivity contribution in [2.45, 2.75) is 6.54 Å². The molecular formula is C15H13N3O3. The second kappa shape index (κ2) is 5.62. The Morgan fingerprint density at radius 1 is 1.33 bits per heavy atom. The van der Waals surface area contributed by atoms with Gasteiger partial charge < -0.3 is 15.4 Å². The highest BCUT2D eigenvalue weighted by atomic mass is 16.5. The second-order valence-electron chi connectivity index (χ2n) is 4.57. The predicted molar refractivity (Wildman–Crippen MR) is 76.0 cm³/mol. The van der Waals surface area contributed by atoms with E-state index in [0.29, 0.717) is 23.7 Å². The van der Waals surface area contributed by atoms with Gasteiger partial charge in [-0.15, -0.1) is 0 Å². The Morgan fingerprint density at radius 2 is 2.24 bits per heavy atom. The molecule has 1 aliphatic rings. The molecule has 2 amide bonds. The molecule has 106 valence electrons. The molecular weight excluding hydrogens is 270 g/mol. The van der Waals surface area contributed by atoms with E-state index in [0.717, 1.165) is 5.56 Å². The summed E-state index contributed by atoms with van der Waals surface area (Å²) in [5.74, 6) is 0.209. The van der Waals surface area contributed by atoms with Crippen LogP contribution in [0, 0.1) is 0 Å². The van der Waals surface area contributed by atoms with Gasteiger partial charge in [-0.1, -0.05) is 12.1 Å². The van der Waals surface area contributed by atoms with Gasteiger partial charge in [0.2, 0.25) is 0 Å². The largest absolute Gasteiger partial charge is 0.482 e. The quantitative estimate of drug-likeness (QED) is 0.891. The van der Waals surface area contributed by atoms with Gasteiger partial charge in [-0.3, -0.25) is 14.6 Å².